The van der Waals surface area contributed by atoms with Crippen LogP contribution in [-0.4, -0.2) is 36.1 Å². The Morgan fingerprint density at radius 1 is 1.43 bits per heavy atom. The first-order chi connectivity index (χ1) is 6.29. The van der Waals surface area contributed by atoms with Crippen LogP contribution in [0.1, 0.15) is 34.1 Å². The van der Waals surface area contributed by atoms with Crippen molar-refractivity contribution in [2.24, 2.45) is 11.3 Å². The average molecular weight is 201 g/mol. The van der Waals surface area contributed by atoms with Crippen LogP contribution in [0.3, 0.4) is 0 Å². The summed E-state index contributed by atoms with van der Waals surface area (Å²) in [6.07, 6.45) is 0.556. The Morgan fingerprint density at radius 2 is 1.93 bits per heavy atom. The Bertz CT molecular complexity index is 184. The summed E-state index contributed by atoms with van der Waals surface area (Å²) < 4.78 is 0. The normalized spacial score (nSPS) is 13.9. The molecule has 0 aliphatic rings. The second-order valence-corrected chi connectivity index (χ2v) is 5.01. The molecule has 1 N–H and O–H groups in total. The van der Waals surface area contributed by atoms with Gasteiger partial charge in [-0.05, 0) is 11.3 Å². The summed E-state index contributed by atoms with van der Waals surface area (Å²) in [6, 6.07) is 0. The van der Waals surface area contributed by atoms with Crippen LogP contribution in [0.4, 0.5) is 0 Å². The predicted molar refractivity (Wildman–Crippen MR) is 58.0 cm³/mol. The minimum absolute atomic E-state index is 0.0339. The van der Waals surface area contributed by atoms with Crippen LogP contribution in [0.5, 0.6) is 0 Å². The van der Waals surface area contributed by atoms with Gasteiger partial charge in [-0.1, -0.05) is 27.7 Å². The maximum Gasteiger partial charge on any atom is 0.222 e. The molecule has 1 unspecified atom stereocenters. The van der Waals surface area contributed by atoms with E-state index in [-0.39, 0.29) is 17.9 Å². The third kappa shape index (κ3) is 4.61. The summed E-state index contributed by atoms with van der Waals surface area (Å²) in [6.45, 7) is 8.96. The van der Waals surface area contributed by atoms with E-state index in [0.29, 0.717) is 18.9 Å². The Kier molecular flexibility index (Phi) is 5.13. The molecule has 0 saturated carbocycles. The zero-order valence-corrected chi connectivity index (χ0v) is 10.0. The van der Waals surface area contributed by atoms with E-state index < -0.39 is 0 Å². The lowest BCUT2D eigenvalue weighted by molar-refractivity contribution is -0.132. The first-order valence-electron chi connectivity index (χ1n) is 5.14. The lowest BCUT2D eigenvalue weighted by Crippen LogP contribution is -2.32. The van der Waals surface area contributed by atoms with Gasteiger partial charge in [-0.15, -0.1) is 0 Å². The van der Waals surface area contributed by atoms with E-state index in [1.807, 2.05) is 0 Å². The Labute approximate surface area is 87.1 Å². The highest BCUT2D eigenvalue weighted by Crippen LogP contribution is 2.28. The molecule has 0 saturated heterocycles. The molecule has 0 bridgehead atoms. The number of hydrogen-bond acceptors (Lipinski definition) is 2. The van der Waals surface area contributed by atoms with Crippen LogP contribution in [0.25, 0.3) is 0 Å². The summed E-state index contributed by atoms with van der Waals surface area (Å²) >= 11 is 0. The highest BCUT2D eigenvalue weighted by Gasteiger charge is 2.23. The first-order valence-corrected chi connectivity index (χ1v) is 5.14. The topological polar surface area (TPSA) is 40.5 Å². The molecule has 3 heteroatoms. The molecule has 0 fully saturated rings. The fourth-order valence-corrected chi connectivity index (χ4v) is 0.999. The maximum atomic E-state index is 11.6. The van der Waals surface area contributed by atoms with Gasteiger partial charge in [0.15, 0.2) is 0 Å². The largest absolute Gasteiger partial charge is 0.395 e. The summed E-state index contributed by atoms with van der Waals surface area (Å²) in [5.74, 6) is 0.470. The fraction of sp³-hybridized carbons (Fsp3) is 0.909. The van der Waals surface area contributed by atoms with E-state index in [1.165, 1.54) is 0 Å². The van der Waals surface area contributed by atoms with Gasteiger partial charge in [0.2, 0.25) is 5.91 Å². The minimum atomic E-state index is 0.0339. The molecule has 0 radical (unpaired) electrons. The molecule has 0 heterocycles. The predicted octanol–water partition coefficient (Wildman–Crippen LogP) is 1.51. The van der Waals surface area contributed by atoms with Gasteiger partial charge < -0.3 is 10.0 Å². The van der Waals surface area contributed by atoms with E-state index in [2.05, 4.69) is 27.7 Å². The van der Waals surface area contributed by atoms with Gasteiger partial charge >= 0.3 is 0 Å². The van der Waals surface area contributed by atoms with E-state index >= 15 is 0 Å². The first kappa shape index (κ1) is 13.4. The van der Waals surface area contributed by atoms with Gasteiger partial charge in [-0.3, -0.25) is 4.79 Å². The van der Waals surface area contributed by atoms with Crippen LogP contribution in [0, 0.1) is 11.3 Å². The molecule has 0 spiro atoms. The number of likely N-dealkylation sites (N-methyl/N-ethyl adjacent to an activating group) is 1. The molecule has 3 nitrogen and oxygen atoms in total. The van der Waals surface area contributed by atoms with Crippen molar-refractivity contribution in [1.82, 2.24) is 4.90 Å². The molecule has 0 aliphatic heterocycles. The van der Waals surface area contributed by atoms with Crippen molar-refractivity contribution in [2.75, 3.05) is 20.2 Å². The van der Waals surface area contributed by atoms with Gasteiger partial charge in [0.25, 0.3) is 0 Å². The number of aliphatic hydroxyl groups is 1. The smallest absolute Gasteiger partial charge is 0.222 e. The lowest BCUT2D eigenvalue weighted by Gasteiger charge is -2.28. The molecule has 84 valence electrons. The van der Waals surface area contributed by atoms with Gasteiger partial charge in [-0.2, -0.15) is 0 Å². The molecular formula is C11H23NO2. The second-order valence-electron chi connectivity index (χ2n) is 5.01. The van der Waals surface area contributed by atoms with Gasteiger partial charge in [-0.25, -0.2) is 0 Å². The molecule has 0 rings (SSSR count). The van der Waals surface area contributed by atoms with Crippen molar-refractivity contribution in [1.29, 1.82) is 0 Å². The van der Waals surface area contributed by atoms with Crippen molar-refractivity contribution >= 4 is 5.91 Å². The summed E-state index contributed by atoms with van der Waals surface area (Å²) in [5, 5.41) is 8.69. The number of amides is 1. The molecule has 0 aromatic heterocycles. The number of hydrogen-bond donors (Lipinski definition) is 1. The molecule has 0 aliphatic carbocycles. The third-order valence-corrected chi connectivity index (χ3v) is 2.82. The van der Waals surface area contributed by atoms with Crippen molar-refractivity contribution in [3.63, 3.8) is 0 Å². The van der Waals surface area contributed by atoms with Crippen molar-refractivity contribution in [2.45, 2.75) is 34.1 Å². The summed E-state index contributed by atoms with van der Waals surface area (Å²) in [5.41, 5.74) is 0.162. The summed E-state index contributed by atoms with van der Waals surface area (Å²) in [7, 11) is 1.73. The fourth-order valence-electron chi connectivity index (χ4n) is 0.999. The Hall–Kier alpha value is -0.570. The molecule has 1 atom stereocenters. The van der Waals surface area contributed by atoms with Crippen LogP contribution >= 0.6 is 0 Å². The number of carbonyl (C=O) groups is 1. The highest BCUT2D eigenvalue weighted by atomic mass is 16.3. The number of nitrogens with zero attached hydrogens (tertiary/aromatic N) is 1. The molecule has 1 amide bonds. The maximum absolute atomic E-state index is 11.6. The number of aliphatic hydroxyl groups excluding tert-OH is 1. The van der Waals surface area contributed by atoms with Gasteiger partial charge in [0, 0.05) is 20.0 Å². The van der Waals surface area contributed by atoms with Crippen LogP contribution < -0.4 is 0 Å². The minimum Gasteiger partial charge on any atom is -0.395 e. The standard InChI is InChI=1S/C11H23NO2/c1-9(11(2,3)4)8-10(14)12(5)6-7-13/h9,13H,6-8H2,1-5H3. The number of carbonyl (C=O) groups excluding carboxylic acids is 1. The quantitative estimate of drug-likeness (QED) is 0.749. The number of rotatable bonds is 4. The lowest BCUT2D eigenvalue weighted by atomic mass is 9.80. The van der Waals surface area contributed by atoms with Crippen LogP contribution in [0.15, 0.2) is 0 Å². The van der Waals surface area contributed by atoms with Crippen LogP contribution in [-0.2, 0) is 4.79 Å². The molecule has 0 aromatic carbocycles. The molecule has 0 aromatic rings. The monoisotopic (exact) mass is 201 g/mol. The van der Waals surface area contributed by atoms with E-state index in [0.717, 1.165) is 0 Å². The molecule has 14 heavy (non-hydrogen) atoms. The van der Waals surface area contributed by atoms with Crippen molar-refractivity contribution < 1.29 is 9.90 Å². The third-order valence-electron chi connectivity index (χ3n) is 2.82. The van der Waals surface area contributed by atoms with E-state index in [1.54, 1.807) is 11.9 Å². The Morgan fingerprint density at radius 3 is 2.29 bits per heavy atom. The van der Waals surface area contributed by atoms with Crippen molar-refractivity contribution in [3.8, 4) is 0 Å². The second kappa shape index (κ2) is 5.35. The zero-order chi connectivity index (χ0) is 11.4. The Balaban J connectivity index is 4.06. The highest BCUT2D eigenvalue weighted by molar-refractivity contribution is 5.76. The van der Waals surface area contributed by atoms with E-state index in [4.69, 9.17) is 5.11 Å². The SMILES string of the molecule is CC(CC(=O)N(C)CCO)C(C)(C)C. The average Bonchev–Trinajstić information content (AvgIpc) is 2.02. The van der Waals surface area contributed by atoms with Crippen molar-refractivity contribution in [3.05, 3.63) is 0 Å². The zero-order valence-electron chi connectivity index (χ0n) is 10.0. The summed E-state index contributed by atoms with van der Waals surface area (Å²) in [4.78, 5) is 13.2. The van der Waals surface area contributed by atoms with Gasteiger partial charge in [0.1, 0.15) is 0 Å². The van der Waals surface area contributed by atoms with Gasteiger partial charge in [0.05, 0.1) is 6.61 Å². The van der Waals surface area contributed by atoms with E-state index in [9.17, 15) is 4.79 Å². The van der Waals surface area contributed by atoms with Crippen LogP contribution in [0.2, 0.25) is 0 Å². The molecular weight excluding hydrogens is 178 g/mol.